The second-order valence-electron chi connectivity index (χ2n) is 6.46. The van der Waals surface area contributed by atoms with Gasteiger partial charge in [0.15, 0.2) is 0 Å². The highest BCUT2D eigenvalue weighted by molar-refractivity contribution is 5.48. The van der Waals surface area contributed by atoms with Gasteiger partial charge in [-0.2, -0.15) is 0 Å². The largest absolute Gasteiger partial charge is 0.351 e. The third kappa shape index (κ3) is 3.22. The lowest BCUT2D eigenvalue weighted by Gasteiger charge is -2.43. The van der Waals surface area contributed by atoms with Gasteiger partial charge in [0, 0.05) is 43.5 Å². The zero-order valence-electron chi connectivity index (χ0n) is 13.4. The Labute approximate surface area is 128 Å². The van der Waals surface area contributed by atoms with E-state index in [1.807, 2.05) is 6.20 Å². The molecule has 0 radical (unpaired) electrons. The first kappa shape index (κ1) is 14.8. The predicted molar refractivity (Wildman–Crippen MR) is 87.6 cm³/mol. The van der Waals surface area contributed by atoms with Crippen LogP contribution in [0.3, 0.4) is 0 Å². The number of hydrogen-bond donors (Lipinski definition) is 1. The number of hydrogen-bond acceptors (Lipinski definition) is 4. The number of nitrogens with zero attached hydrogens (tertiary/aromatic N) is 3. The highest BCUT2D eigenvalue weighted by Gasteiger charge is 2.35. The minimum absolute atomic E-state index is 0.555. The zero-order chi connectivity index (χ0) is 14.7. The van der Waals surface area contributed by atoms with Crippen LogP contribution in [0.1, 0.15) is 38.7 Å². The Bertz CT molecular complexity index is 462. The summed E-state index contributed by atoms with van der Waals surface area (Å²) >= 11 is 0. The van der Waals surface area contributed by atoms with E-state index in [9.17, 15) is 0 Å². The fraction of sp³-hybridized carbons (Fsp3) is 0.706. The Hall–Kier alpha value is -1.13. The highest BCUT2D eigenvalue weighted by Crippen LogP contribution is 2.29. The summed E-state index contributed by atoms with van der Waals surface area (Å²) in [7, 11) is 0. The molecule has 4 nitrogen and oxygen atoms in total. The third-order valence-electron chi connectivity index (χ3n) is 4.82. The molecule has 0 aliphatic carbocycles. The van der Waals surface area contributed by atoms with Gasteiger partial charge in [-0.3, -0.25) is 4.90 Å². The molecule has 1 N–H and O–H groups in total. The lowest BCUT2D eigenvalue weighted by Crippen LogP contribution is -2.55. The topological polar surface area (TPSA) is 31.4 Å². The molecule has 116 valence electrons. The van der Waals surface area contributed by atoms with Crippen LogP contribution in [0.4, 0.5) is 5.82 Å². The van der Waals surface area contributed by atoms with Gasteiger partial charge in [-0.15, -0.1) is 0 Å². The summed E-state index contributed by atoms with van der Waals surface area (Å²) in [4.78, 5) is 9.92. The molecule has 0 spiro atoms. The number of nitrogens with one attached hydrogen (secondary N) is 1. The summed E-state index contributed by atoms with van der Waals surface area (Å²) in [6.45, 7) is 10.2. The molecule has 0 aromatic carbocycles. The monoisotopic (exact) mass is 288 g/mol. The van der Waals surface area contributed by atoms with Crippen LogP contribution in [0.5, 0.6) is 0 Å². The van der Waals surface area contributed by atoms with Crippen molar-refractivity contribution in [3.8, 4) is 0 Å². The summed E-state index contributed by atoms with van der Waals surface area (Å²) in [5.74, 6) is 1.19. The van der Waals surface area contributed by atoms with Gasteiger partial charge in [0.1, 0.15) is 5.82 Å². The summed E-state index contributed by atoms with van der Waals surface area (Å²) in [6.07, 6.45) is 5.82. The average molecular weight is 288 g/mol. The van der Waals surface area contributed by atoms with E-state index < -0.39 is 0 Å². The van der Waals surface area contributed by atoms with Crippen molar-refractivity contribution in [3.05, 3.63) is 23.9 Å². The molecule has 2 atom stereocenters. The van der Waals surface area contributed by atoms with Crippen molar-refractivity contribution in [1.29, 1.82) is 0 Å². The molecule has 4 heteroatoms. The molecule has 1 aromatic heterocycles. The SMILES string of the molecule is CCCNCc1cccnc1N1CC2CCCN2CC1C. The number of piperazine rings is 1. The van der Waals surface area contributed by atoms with E-state index in [4.69, 9.17) is 4.98 Å². The lowest BCUT2D eigenvalue weighted by atomic mass is 10.1. The smallest absolute Gasteiger partial charge is 0.133 e. The van der Waals surface area contributed by atoms with Crippen molar-refractivity contribution in [1.82, 2.24) is 15.2 Å². The van der Waals surface area contributed by atoms with Gasteiger partial charge in [-0.05, 0) is 45.3 Å². The number of pyridine rings is 1. The van der Waals surface area contributed by atoms with Crippen LogP contribution in [0, 0.1) is 0 Å². The summed E-state index contributed by atoms with van der Waals surface area (Å²) in [5.41, 5.74) is 1.34. The molecule has 2 aliphatic rings. The Morgan fingerprint density at radius 3 is 3.14 bits per heavy atom. The maximum absolute atomic E-state index is 4.71. The minimum Gasteiger partial charge on any atom is -0.351 e. The Morgan fingerprint density at radius 2 is 2.29 bits per heavy atom. The normalized spacial score (nSPS) is 26.1. The molecular weight excluding hydrogens is 260 g/mol. The van der Waals surface area contributed by atoms with Gasteiger partial charge >= 0.3 is 0 Å². The quantitative estimate of drug-likeness (QED) is 0.842. The lowest BCUT2D eigenvalue weighted by molar-refractivity contribution is 0.202. The van der Waals surface area contributed by atoms with E-state index in [-0.39, 0.29) is 0 Å². The van der Waals surface area contributed by atoms with Crippen molar-refractivity contribution in [2.75, 3.05) is 31.1 Å². The maximum atomic E-state index is 4.71. The first-order valence-electron chi connectivity index (χ1n) is 8.45. The van der Waals surface area contributed by atoms with Gasteiger partial charge < -0.3 is 10.2 Å². The molecule has 0 saturated carbocycles. The Morgan fingerprint density at radius 1 is 1.38 bits per heavy atom. The van der Waals surface area contributed by atoms with Gasteiger partial charge in [0.25, 0.3) is 0 Å². The van der Waals surface area contributed by atoms with E-state index >= 15 is 0 Å². The van der Waals surface area contributed by atoms with Gasteiger partial charge in [0.05, 0.1) is 0 Å². The second kappa shape index (κ2) is 6.75. The van der Waals surface area contributed by atoms with Crippen molar-refractivity contribution in [2.24, 2.45) is 0 Å². The van der Waals surface area contributed by atoms with Crippen molar-refractivity contribution in [3.63, 3.8) is 0 Å². The molecule has 2 unspecified atom stereocenters. The number of aromatic nitrogens is 1. The van der Waals surface area contributed by atoms with E-state index in [1.54, 1.807) is 0 Å². The highest BCUT2D eigenvalue weighted by atomic mass is 15.3. The predicted octanol–water partition coefficient (Wildman–Crippen LogP) is 2.25. The fourth-order valence-corrected chi connectivity index (χ4v) is 3.71. The summed E-state index contributed by atoms with van der Waals surface area (Å²) in [5, 5.41) is 3.51. The van der Waals surface area contributed by atoms with Gasteiger partial charge in [-0.25, -0.2) is 4.98 Å². The molecular formula is C17H28N4. The first-order chi connectivity index (χ1) is 10.3. The van der Waals surface area contributed by atoms with Crippen LogP contribution >= 0.6 is 0 Å². The Balaban J connectivity index is 1.75. The van der Waals surface area contributed by atoms with E-state index in [1.165, 1.54) is 43.7 Å². The minimum atomic E-state index is 0.555. The van der Waals surface area contributed by atoms with E-state index in [0.29, 0.717) is 6.04 Å². The third-order valence-corrected chi connectivity index (χ3v) is 4.82. The average Bonchev–Trinajstić information content (AvgIpc) is 2.94. The molecule has 2 aliphatic heterocycles. The molecule has 1 aromatic rings. The summed E-state index contributed by atoms with van der Waals surface area (Å²) < 4.78 is 0. The van der Waals surface area contributed by atoms with Crippen LogP contribution < -0.4 is 10.2 Å². The number of rotatable bonds is 5. The zero-order valence-corrected chi connectivity index (χ0v) is 13.4. The standard InChI is InChI=1S/C17H28N4/c1-3-8-18-11-15-6-4-9-19-17(15)21-13-16-7-5-10-20(16)12-14(21)2/h4,6,9,14,16,18H,3,5,7-8,10-13H2,1-2H3. The number of fused-ring (bicyclic) bond motifs is 1. The Kier molecular flexibility index (Phi) is 4.76. The van der Waals surface area contributed by atoms with Crippen LogP contribution in [0.15, 0.2) is 18.3 Å². The summed E-state index contributed by atoms with van der Waals surface area (Å²) in [6, 6.07) is 5.57. The van der Waals surface area contributed by atoms with Crippen LogP contribution in [0.2, 0.25) is 0 Å². The maximum Gasteiger partial charge on any atom is 0.133 e. The molecule has 2 fully saturated rings. The van der Waals surface area contributed by atoms with Crippen LogP contribution in [0.25, 0.3) is 0 Å². The van der Waals surface area contributed by atoms with Crippen molar-refractivity contribution < 1.29 is 0 Å². The van der Waals surface area contributed by atoms with E-state index in [0.717, 1.165) is 25.7 Å². The molecule has 2 saturated heterocycles. The number of anilines is 1. The molecule has 0 amide bonds. The molecule has 3 rings (SSSR count). The fourth-order valence-electron chi connectivity index (χ4n) is 3.71. The van der Waals surface area contributed by atoms with Crippen LogP contribution in [-0.4, -0.2) is 48.1 Å². The molecule has 0 bridgehead atoms. The van der Waals surface area contributed by atoms with Gasteiger partial charge in [0.2, 0.25) is 0 Å². The van der Waals surface area contributed by atoms with Crippen molar-refractivity contribution >= 4 is 5.82 Å². The second-order valence-corrected chi connectivity index (χ2v) is 6.46. The molecule has 21 heavy (non-hydrogen) atoms. The molecule has 3 heterocycles. The van der Waals surface area contributed by atoms with E-state index in [2.05, 4.69) is 41.1 Å². The van der Waals surface area contributed by atoms with Gasteiger partial charge in [-0.1, -0.05) is 13.0 Å². The van der Waals surface area contributed by atoms with Crippen LogP contribution in [-0.2, 0) is 6.54 Å². The van der Waals surface area contributed by atoms with Crippen molar-refractivity contribution in [2.45, 2.75) is 51.7 Å². The first-order valence-corrected chi connectivity index (χ1v) is 8.45.